The van der Waals surface area contributed by atoms with Gasteiger partial charge in [0, 0.05) is 13.0 Å². The van der Waals surface area contributed by atoms with E-state index in [1.165, 1.54) is 17.0 Å². The maximum atomic E-state index is 13.1. The highest BCUT2D eigenvalue weighted by atomic mass is 35.5. The number of carbonyl (C=O) groups excluding carboxylic acids is 2. The van der Waals surface area contributed by atoms with E-state index in [2.05, 4.69) is 5.32 Å². The minimum atomic E-state index is -0.533. The summed E-state index contributed by atoms with van der Waals surface area (Å²) in [6.07, 6.45) is 0.0792. The van der Waals surface area contributed by atoms with Crippen LogP contribution < -0.4 is 10.2 Å². The Morgan fingerprint density at radius 1 is 1.17 bits per heavy atom. The average molecular weight is 367 g/mol. The summed E-state index contributed by atoms with van der Waals surface area (Å²) in [5.74, 6) is -1.53. The van der Waals surface area contributed by atoms with Gasteiger partial charge < -0.3 is 10.2 Å². The Kier molecular flexibility index (Phi) is 4.73. The summed E-state index contributed by atoms with van der Waals surface area (Å²) in [4.78, 5) is 26.1. The molecule has 2 aromatic carbocycles. The van der Waals surface area contributed by atoms with Crippen molar-refractivity contribution in [1.82, 2.24) is 0 Å². The molecule has 124 valence electrons. The van der Waals surface area contributed by atoms with Crippen LogP contribution in [-0.4, -0.2) is 18.4 Å². The largest absolute Gasteiger partial charge is 0.324 e. The van der Waals surface area contributed by atoms with Crippen molar-refractivity contribution >= 4 is 46.4 Å². The third-order valence-corrected chi connectivity index (χ3v) is 4.46. The third-order valence-electron chi connectivity index (χ3n) is 3.83. The smallest absolute Gasteiger partial charge is 0.229 e. The maximum Gasteiger partial charge on any atom is 0.229 e. The normalized spacial score (nSPS) is 17.2. The molecule has 1 unspecified atom stereocenters. The molecule has 24 heavy (non-hydrogen) atoms. The van der Waals surface area contributed by atoms with E-state index >= 15 is 0 Å². The quantitative estimate of drug-likeness (QED) is 0.887. The van der Waals surface area contributed by atoms with Crippen molar-refractivity contribution in [2.24, 2.45) is 5.92 Å². The van der Waals surface area contributed by atoms with E-state index in [0.29, 0.717) is 16.4 Å². The minimum absolute atomic E-state index is 0.0792. The van der Waals surface area contributed by atoms with Crippen molar-refractivity contribution in [2.75, 3.05) is 16.8 Å². The lowest BCUT2D eigenvalue weighted by atomic mass is 10.1. The molecule has 1 N–H and O–H groups in total. The summed E-state index contributed by atoms with van der Waals surface area (Å²) in [5, 5.41) is 3.20. The number of hydrogen-bond acceptors (Lipinski definition) is 2. The van der Waals surface area contributed by atoms with E-state index < -0.39 is 11.7 Å². The Balaban J connectivity index is 1.73. The van der Waals surface area contributed by atoms with Gasteiger partial charge in [-0.15, -0.1) is 0 Å². The zero-order chi connectivity index (χ0) is 17.3. The fraction of sp³-hybridized carbons (Fsp3) is 0.176. The number of rotatable bonds is 3. The van der Waals surface area contributed by atoms with Gasteiger partial charge in [0.1, 0.15) is 5.82 Å². The Labute approximate surface area is 148 Å². The highest BCUT2D eigenvalue weighted by Gasteiger charge is 2.36. The van der Waals surface area contributed by atoms with E-state index in [1.54, 1.807) is 24.3 Å². The fourth-order valence-corrected chi connectivity index (χ4v) is 3.06. The SMILES string of the molecule is O=C(Nc1ccc(F)cc1Cl)C1CC(=O)N(c2ccccc2Cl)C1. The molecular formula is C17H13Cl2FN2O2. The number of anilines is 2. The molecule has 4 nitrogen and oxygen atoms in total. The van der Waals surface area contributed by atoms with Crippen LogP contribution in [0.4, 0.5) is 15.8 Å². The van der Waals surface area contributed by atoms with Crippen LogP contribution in [0, 0.1) is 11.7 Å². The number of hydrogen-bond donors (Lipinski definition) is 1. The predicted octanol–water partition coefficient (Wildman–Crippen LogP) is 4.12. The molecule has 1 saturated heterocycles. The van der Waals surface area contributed by atoms with Gasteiger partial charge in [-0.1, -0.05) is 35.3 Å². The summed E-state index contributed by atoms with van der Waals surface area (Å²) in [5.41, 5.74) is 0.894. The molecule has 3 rings (SSSR count). The van der Waals surface area contributed by atoms with E-state index in [-0.39, 0.29) is 29.8 Å². The van der Waals surface area contributed by atoms with Crippen LogP contribution >= 0.6 is 23.2 Å². The Hall–Kier alpha value is -2.11. The van der Waals surface area contributed by atoms with Crippen molar-refractivity contribution in [3.05, 3.63) is 58.3 Å². The van der Waals surface area contributed by atoms with E-state index in [4.69, 9.17) is 23.2 Å². The first-order chi connectivity index (χ1) is 11.5. The maximum absolute atomic E-state index is 13.1. The van der Waals surface area contributed by atoms with Crippen LogP contribution in [0.5, 0.6) is 0 Å². The molecule has 0 aromatic heterocycles. The third kappa shape index (κ3) is 3.37. The second-order valence-corrected chi connectivity index (χ2v) is 6.28. The number of benzene rings is 2. The summed E-state index contributed by atoms with van der Waals surface area (Å²) < 4.78 is 13.1. The van der Waals surface area contributed by atoms with Crippen molar-refractivity contribution in [3.8, 4) is 0 Å². The first kappa shape index (κ1) is 16.7. The minimum Gasteiger partial charge on any atom is -0.324 e. The first-order valence-corrected chi connectivity index (χ1v) is 8.02. The molecular weight excluding hydrogens is 354 g/mol. The molecule has 1 heterocycles. The number of nitrogens with one attached hydrogen (secondary N) is 1. The highest BCUT2D eigenvalue weighted by Crippen LogP contribution is 2.32. The number of para-hydroxylation sites is 1. The fourth-order valence-electron chi connectivity index (χ4n) is 2.61. The monoisotopic (exact) mass is 366 g/mol. The van der Waals surface area contributed by atoms with Crippen LogP contribution in [0.2, 0.25) is 10.0 Å². The van der Waals surface area contributed by atoms with Crippen molar-refractivity contribution < 1.29 is 14.0 Å². The van der Waals surface area contributed by atoms with Crippen LogP contribution in [0.1, 0.15) is 6.42 Å². The van der Waals surface area contributed by atoms with Gasteiger partial charge in [-0.05, 0) is 30.3 Å². The lowest BCUT2D eigenvalue weighted by Gasteiger charge is -2.18. The number of nitrogens with zero attached hydrogens (tertiary/aromatic N) is 1. The van der Waals surface area contributed by atoms with Gasteiger partial charge in [0.05, 0.1) is 27.3 Å². The summed E-state index contributed by atoms with van der Waals surface area (Å²) >= 11 is 12.0. The number of carbonyl (C=O) groups is 2. The zero-order valence-corrected chi connectivity index (χ0v) is 13.9. The molecule has 1 aliphatic heterocycles. The molecule has 0 spiro atoms. The van der Waals surface area contributed by atoms with Crippen LogP contribution in [0.15, 0.2) is 42.5 Å². The van der Waals surface area contributed by atoms with Crippen LogP contribution in [-0.2, 0) is 9.59 Å². The van der Waals surface area contributed by atoms with E-state index in [0.717, 1.165) is 6.07 Å². The first-order valence-electron chi connectivity index (χ1n) is 7.26. The number of halogens is 3. The Morgan fingerprint density at radius 3 is 2.62 bits per heavy atom. The summed E-state index contributed by atoms with van der Waals surface area (Å²) in [6, 6.07) is 10.7. The second kappa shape index (κ2) is 6.79. The molecule has 1 aliphatic rings. The van der Waals surface area contributed by atoms with Crippen molar-refractivity contribution in [1.29, 1.82) is 0 Å². The molecule has 1 fully saturated rings. The molecule has 1 atom stereocenters. The van der Waals surface area contributed by atoms with Crippen molar-refractivity contribution in [3.63, 3.8) is 0 Å². The van der Waals surface area contributed by atoms with E-state index in [1.807, 2.05) is 0 Å². The number of amides is 2. The zero-order valence-electron chi connectivity index (χ0n) is 12.4. The van der Waals surface area contributed by atoms with Gasteiger partial charge in [-0.3, -0.25) is 9.59 Å². The van der Waals surface area contributed by atoms with Crippen LogP contribution in [0.3, 0.4) is 0 Å². The van der Waals surface area contributed by atoms with Gasteiger partial charge in [0.2, 0.25) is 11.8 Å². The molecule has 0 saturated carbocycles. The predicted molar refractivity (Wildman–Crippen MR) is 92.0 cm³/mol. The Bertz CT molecular complexity index is 813. The lowest BCUT2D eigenvalue weighted by Crippen LogP contribution is -2.28. The van der Waals surface area contributed by atoms with Gasteiger partial charge in [0.25, 0.3) is 0 Å². The molecule has 0 radical (unpaired) electrons. The standard InChI is InChI=1S/C17H13Cl2FN2O2/c18-12-3-1-2-4-15(12)22-9-10(7-16(22)23)17(24)21-14-6-5-11(20)8-13(14)19/h1-6,8,10H,7,9H2,(H,21,24). The van der Waals surface area contributed by atoms with Gasteiger partial charge >= 0.3 is 0 Å². The Morgan fingerprint density at radius 2 is 1.92 bits per heavy atom. The lowest BCUT2D eigenvalue weighted by molar-refractivity contribution is -0.122. The molecule has 7 heteroatoms. The molecule has 0 aliphatic carbocycles. The second-order valence-electron chi connectivity index (χ2n) is 5.47. The van der Waals surface area contributed by atoms with Gasteiger partial charge in [0.15, 0.2) is 0 Å². The van der Waals surface area contributed by atoms with Crippen LogP contribution in [0.25, 0.3) is 0 Å². The van der Waals surface area contributed by atoms with Gasteiger partial charge in [-0.25, -0.2) is 4.39 Å². The average Bonchev–Trinajstić information content (AvgIpc) is 2.92. The summed E-state index contributed by atoms with van der Waals surface area (Å²) in [7, 11) is 0. The highest BCUT2D eigenvalue weighted by molar-refractivity contribution is 6.34. The van der Waals surface area contributed by atoms with E-state index in [9.17, 15) is 14.0 Å². The molecule has 2 amide bonds. The van der Waals surface area contributed by atoms with Gasteiger partial charge in [-0.2, -0.15) is 0 Å². The molecule has 0 bridgehead atoms. The topological polar surface area (TPSA) is 49.4 Å². The van der Waals surface area contributed by atoms with Crippen molar-refractivity contribution in [2.45, 2.75) is 6.42 Å². The summed E-state index contributed by atoms with van der Waals surface area (Å²) in [6.45, 7) is 0.229. The molecule has 2 aromatic rings.